The number of rotatable bonds is 2. The van der Waals surface area contributed by atoms with Gasteiger partial charge in [0.05, 0.1) is 6.20 Å². The number of hydrogen-bond donors (Lipinski definition) is 2. The van der Waals surface area contributed by atoms with Gasteiger partial charge in [-0.3, -0.25) is 0 Å². The Morgan fingerprint density at radius 3 is 2.79 bits per heavy atom. The summed E-state index contributed by atoms with van der Waals surface area (Å²) in [6.07, 6.45) is 2.57. The van der Waals surface area contributed by atoms with Gasteiger partial charge in [-0.05, 0) is 11.6 Å². The SMILES string of the molecule is Nc1ncc(Cc2ccccc2Br)[nH]1. The van der Waals surface area contributed by atoms with Crippen molar-refractivity contribution in [1.29, 1.82) is 0 Å². The van der Waals surface area contributed by atoms with Crippen LogP contribution in [-0.2, 0) is 6.42 Å². The number of anilines is 1. The average molecular weight is 252 g/mol. The van der Waals surface area contributed by atoms with Gasteiger partial charge >= 0.3 is 0 Å². The van der Waals surface area contributed by atoms with Crippen LogP contribution in [-0.4, -0.2) is 9.97 Å². The lowest BCUT2D eigenvalue weighted by Crippen LogP contribution is -1.91. The predicted molar refractivity (Wildman–Crippen MR) is 59.9 cm³/mol. The van der Waals surface area contributed by atoms with Crippen LogP contribution in [0.5, 0.6) is 0 Å². The molecule has 0 atom stereocenters. The summed E-state index contributed by atoms with van der Waals surface area (Å²) in [5.74, 6) is 0.465. The maximum absolute atomic E-state index is 5.49. The quantitative estimate of drug-likeness (QED) is 0.861. The summed E-state index contributed by atoms with van der Waals surface area (Å²) >= 11 is 3.49. The minimum Gasteiger partial charge on any atom is -0.369 e. The minimum atomic E-state index is 0.465. The highest BCUT2D eigenvalue weighted by molar-refractivity contribution is 9.10. The van der Waals surface area contributed by atoms with E-state index in [9.17, 15) is 0 Å². The molecular formula is C10H10BrN3. The molecule has 2 aromatic rings. The molecule has 2 rings (SSSR count). The average Bonchev–Trinajstić information content (AvgIpc) is 2.56. The number of nitrogens with one attached hydrogen (secondary N) is 1. The van der Waals surface area contributed by atoms with Crippen LogP contribution < -0.4 is 5.73 Å². The fourth-order valence-electron chi connectivity index (χ4n) is 1.31. The topological polar surface area (TPSA) is 54.7 Å². The first-order valence-corrected chi connectivity index (χ1v) is 5.08. The van der Waals surface area contributed by atoms with Crippen molar-refractivity contribution in [2.24, 2.45) is 0 Å². The molecule has 1 aromatic heterocycles. The molecule has 4 heteroatoms. The van der Waals surface area contributed by atoms with Crippen LogP contribution in [0, 0.1) is 0 Å². The lowest BCUT2D eigenvalue weighted by atomic mass is 10.1. The maximum Gasteiger partial charge on any atom is 0.197 e. The van der Waals surface area contributed by atoms with E-state index in [4.69, 9.17) is 5.73 Å². The standard InChI is InChI=1S/C10H10BrN3/c11-9-4-2-1-3-7(9)5-8-6-13-10(12)14-8/h1-4,6H,5H2,(H3,12,13,14). The summed E-state index contributed by atoms with van der Waals surface area (Å²) in [5.41, 5.74) is 7.73. The summed E-state index contributed by atoms with van der Waals surface area (Å²) < 4.78 is 1.10. The van der Waals surface area contributed by atoms with E-state index in [1.807, 2.05) is 18.2 Å². The van der Waals surface area contributed by atoms with Gasteiger partial charge in [-0.15, -0.1) is 0 Å². The highest BCUT2D eigenvalue weighted by atomic mass is 79.9. The highest BCUT2D eigenvalue weighted by Gasteiger charge is 2.02. The Kier molecular flexibility index (Phi) is 2.54. The van der Waals surface area contributed by atoms with Crippen LogP contribution in [0.25, 0.3) is 0 Å². The van der Waals surface area contributed by atoms with Crippen molar-refractivity contribution in [2.45, 2.75) is 6.42 Å². The first kappa shape index (κ1) is 9.27. The molecule has 0 fully saturated rings. The Morgan fingerprint density at radius 1 is 1.36 bits per heavy atom. The van der Waals surface area contributed by atoms with E-state index in [0.717, 1.165) is 16.6 Å². The second-order valence-corrected chi connectivity index (χ2v) is 3.92. The van der Waals surface area contributed by atoms with Gasteiger partial charge in [0.25, 0.3) is 0 Å². The van der Waals surface area contributed by atoms with Crippen molar-refractivity contribution in [3.05, 3.63) is 46.2 Å². The summed E-state index contributed by atoms with van der Waals surface area (Å²) in [4.78, 5) is 6.95. The lowest BCUT2D eigenvalue weighted by Gasteiger charge is -2.01. The minimum absolute atomic E-state index is 0.465. The third-order valence-corrected chi connectivity index (χ3v) is 2.76. The number of benzene rings is 1. The van der Waals surface area contributed by atoms with Gasteiger partial charge in [-0.1, -0.05) is 34.1 Å². The van der Waals surface area contributed by atoms with Crippen molar-refractivity contribution >= 4 is 21.9 Å². The molecule has 0 saturated carbocycles. The van der Waals surface area contributed by atoms with Gasteiger partial charge in [0, 0.05) is 16.6 Å². The molecule has 1 aromatic carbocycles. The van der Waals surface area contributed by atoms with Gasteiger partial charge in [0.1, 0.15) is 0 Å². The molecule has 0 aliphatic rings. The Bertz CT molecular complexity index is 436. The first-order chi connectivity index (χ1) is 6.75. The Labute approximate surface area is 90.5 Å². The van der Waals surface area contributed by atoms with Crippen molar-refractivity contribution in [2.75, 3.05) is 5.73 Å². The third kappa shape index (κ3) is 1.96. The third-order valence-electron chi connectivity index (χ3n) is 1.99. The van der Waals surface area contributed by atoms with Crippen LogP contribution in [0.2, 0.25) is 0 Å². The van der Waals surface area contributed by atoms with Gasteiger partial charge in [0.15, 0.2) is 5.95 Å². The van der Waals surface area contributed by atoms with E-state index >= 15 is 0 Å². The number of imidazole rings is 1. The molecule has 0 aliphatic carbocycles. The van der Waals surface area contributed by atoms with E-state index in [1.54, 1.807) is 6.20 Å². The molecule has 72 valence electrons. The molecule has 0 aliphatic heterocycles. The van der Waals surface area contributed by atoms with E-state index < -0.39 is 0 Å². The highest BCUT2D eigenvalue weighted by Crippen LogP contribution is 2.18. The smallest absolute Gasteiger partial charge is 0.197 e. The molecule has 3 N–H and O–H groups in total. The Hall–Kier alpha value is -1.29. The zero-order chi connectivity index (χ0) is 9.97. The molecule has 0 unspecified atom stereocenters. The number of aromatic amines is 1. The molecule has 0 radical (unpaired) electrons. The van der Waals surface area contributed by atoms with Gasteiger partial charge in [-0.25, -0.2) is 4.98 Å². The number of H-pyrrole nitrogens is 1. The van der Waals surface area contributed by atoms with Crippen LogP contribution >= 0.6 is 15.9 Å². The largest absolute Gasteiger partial charge is 0.369 e. The Balaban J connectivity index is 2.23. The zero-order valence-corrected chi connectivity index (χ0v) is 9.08. The number of nitrogens with zero attached hydrogens (tertiary/aromatic N) is 1. The first-order valence-electron chi connectivity index (χ1n) is 4.28. The molecular weight excluding hydrogens is 242 g/mol. The number of hydrogen-bond acceptors (Lipinski definition) is 2. The fourth-order valence-corrected chi connectivity index (χ4v) is 1.74. The van der Waals surface area contributed by atoms with Crippen molar-refractivity contribution in [1.82, 2.24) is 9.97 Å². The lowest BCUT2D eigenvalue weighted by molar-refractivity contribution is 1.10. The second kappa shape index (κ2) is 3.84. The van der Waals surface area contributed by atoms with Crippen LogP contribution in [0.4, 0.5) is 5.95 Å². The number of halogens is 1. The molecule has 0 bridgehead atoms. The summed E-state index contributed by atoms with van der Waals surface area (Å²) in [7, 11) is 0. The molecule has 1 heterocycles. The van der Waals surface area contributed by atoms with Crippen LogP contribution in [0.1, 0.15) is 11.3 Å². The monoisotopic (exact) mass is 251 g/mol. The van der Waals surface area contributed by atoms with E-state index in [-0.39, 0.29) is 0 Å². The van der Waals surface area contributed by atoms with E-state index in [0.29, 0.717) is 5.95 Å². The van der Waals surface area contributed by atoms with Gasteiger partial charge in [0.2, 0.25) is 0 Å². The summed E-state index contributed by atoms with van der Waals surface area (Å²) in [6, 6.07) is 8.10. The number of aromatic nitrogens is 2. The maximum atomic E-state index is 5.49. The van der Waals surface area contributed by atoms with Crippen LogP contribution in [0.15, 0.2) is 34.9 Å². The number of nitrogens with two attached hydrogens (primary N) is 1. The second-order valence-electron chi connectivity index (χ2n) is 3.06. The van der Waals surface area contributed by atoms with Crippen molar-refractivity contribution < 1.29 is 0 Å². The van der Waals surface area contributed by atoms with Crippen molar-refractivity contribution in [3.8, 4) is 0 Å². The van der Waals surface area contributed by atoms with Gasteiger partial charge in [-0.2, -0.15) is 0 Å². The molecule has 0 spiro atoms. The summed E-state index contributed by atoms with van der Waals surface area (Å²) in [6.45, 7) is 0. The molecule has 3 nitrogen and oxygen atoms in total. The van der Waals surface area contributed by atoms with Crippen molar-refractivity contribution in [3.63, 3.8) is 0 Å². The van der Waals surface area contributed by atoms with E-state index in [2.05, 4.69) is 32.0 Å². The molecule has 0 amide bonds. The van der Waals surface area contributed by atoms with Crippen LogP contribution in [0.3, 0.4) is 0 Å². The summed E-state index contributed by atoms with van der Waals surface area (Å²) in [5, 5.41) is 0. The normalized spacial score (nSPS) is 10.4. The molecule has 14 heavy (non-hydrogen) atoms. The fraction of sp³-hybridized carbons (Fsp3) is 0.100. The van der Waals surface area contributed by atoms with E-state index in [1.165, 1.54) is 5.56 Å². The zero-order valence-electron chi connectivity index (χ0n) is 7.50. The Morgan fingerprint density at radius 2 is 2.14 bits per heavy atom. The predicted octanol–water partition coefficient (Wildman–Crippen LogP) is 2.35. The molecule has 0 saturated heterocycles. The number of nitrogen functional groups attached to an aromatic ring is 1. The van der Waals surface area contributed by atoms with Gasteiger partial charge < -0.3 is 10.7 Å².